The SMILES string of the molecule is CCN(c1ccccc1)S(=O)(=O)c1ccc(OC)c(NC(=O)COc2cc(C)on2)c1. The van der Waals surface area contributed by atoms with E-state index in [0.717, 1.165) is 0 Å². The number of amides is 1. The van der Waals surface area contributed by atoms with Crippen LogP contribution in [0.5, 0.6) is 11.6 Å². The van der Waals surface area contributed by atoms with Crippen molar-refractivity contribution in [2.24, 2.45) is 0 Å². The van der Waals surface area contributed by atoms with Crippen LogP contribution in [0.2, 0.25) is 0 Å². The number of ether oxygens (including phenoxy) is 2. The quantitative estimate of drug-likeness (QED) is 0.538. The van der Waals surface area contributed by atoms with Gasteiger partial charge in [-0.1, -0.05) is 18.2 Å². The minimum Gasteiger partial charge on any atom is -0.495 e. The van der Waals surface area contributed by atoms with Gasteiger partial charge in [-0.2, -0.15) is 0 Å². The highest BCUT2D eigenvalue weighted by Crippen LogP contribution is 2.30. The van der Waals surface area contributed by atoms with Crippen LogP contribution < -0.4 is 19.1 Å². The molecule has 0 radical (unpaired) electrons. The fourth-order valence-corrected chi connectivity index (χ4v) is 4.40. The molecule has 0 atom stereocenters. The number of nitrogens with one attached hydrogen (secondary N) is 1. The minimum atomic E-state index is -3.87. The second-order valence-corrected chi connectivity index (χ2v) is 8.34. The van der Waals surface area contributed by atoms with E-state index < -0.39 is 15.9 Å². The van der Waals surface area contributed by atoms with Gasteiger partial charge in [0.15, 0.2) is 6.61 Å². The lowest BCUT2D eigenvalue weighted by atomic mass is 10.3. The number of aromatic nitrogens is 1. The van der Waals surface area contributed by atoms with Crippen LogP contribution in [-0.2, 0) is 14.8 Å². The number of nitrogens with zero attached hydrogens (tertiary/aromatic N) is 2. The first kappa shape index (κ1) is 22.2. The molecule has 10 heteroatoms. The van der Waals surface area contributed by atoms with Crippen molar-refractivity contribution in [1.29, 1.82) is 0 Å². The zero-order chi connectivity index (χ0) is 22.4. The summed E-state index contributed by atoms with van der Waals surface area (Å²) in [5.74, 6) is 0.530. The van der Waals surface area contributed by atoms with Crippen molar-refractivity contribution in [2.45, 2.75) is 18.7 Å². The van der Waals surface area contributed by atoms with Gasteiger partial charge in [-0.15, -0.1) is 0 Å². The predicted molar refractivity (Wildman–Crippen MR) is 115 cm³/mol. The van der Waals surface area contributed by atoms with Crippen LogP contribution in [0.15, 0.2) is 64.0 Å². The molecule has 0 aliphatic carbocycles. The first-order valence-corrected chi connectivity index (χ1v) is 10.9. The molecule has 164 valence electrons. The summed E-state index contributed by atoms with van der Waals surface area (Å²) in [4.78, 5) is 12.3. The number of hydrogen-bond donors (Lipinski definition) is 1. The molecule has 0 bridgehead atoms. The van der Waals surface area contributed by atoms with Crippen molar-refractivity contribution in [1.82, 2.24) is 5.16 Å². The molecule has 0 saturated heterocycles. The summed E-state index contributed by atoms with van der Waals surface area (Å²) >= 11 is 0. The van der Waals surface area contributed by atoms with Crippen LogP contribution >= 0.6 is 0 Å². The lowest BCUT2D eigenvalue weighted by Crippen LogP contribution is -2.30. The Balaban J connectivity index is 1.83. The topological polar surface area (TPSA) is 111 Å². The van der Waals surface area contributed by atoms with Crippen LogP contribution in [0.3, 0.4) is 0 Å². The zero-order valence-electron chi connectivity index (χ0n) is 17.4. The number of para-hydroxylation sites is 1. The first-order valence-electron chi connectivity index (χ1n) is 9.47. The average molecular weight is 445 g/mol. The predicted octanol–water partition coefficient (Wildman–Crippen LogP) is 3.22. The summed E-state index contributed by atoms with van der Waals surface area (Å²) in [6.45, 7) is 3.35. The van der Waals surface area contributed by atoms with Gasteiger partial charge in [-0.3, -0.25) is 9.10 Å². The number of aryl methyl sites for hydroxylation is 1. The molecule has 1 heterocycles. The Hall–Kier alpha value is -3.53. The molecule has 0 unspecified atom stereocenters. The van der Waals surface area contributed by atoms with Gasteiger partial charge >= 0.3 is 0 Å². The highest BCUT2D eigenvalue weighted by molar-refractivity contribution is 7.92. The van der Waals surface area contributed by atoms with Crippen molar-refractivity contribution < 1.29 is 27.2 Å². The third-order valence-electron chi connectivity index (χ3n) is 4.32. The lowest BCUT2D eigenvalue weighted by Gasteiger charge is -2.23. The van der Waals surface area contributed by atoms with Gasteiger partial charge in [0.2, 0.25) is 0 Å². The van der Waals surface area contributed by atoms with Crippen molar-refractivity contribution in [3.8, 4) is 11.6 Å². The normalized spacial score (nSPS) is 11.1. The minimum absolute atomic E-state index is 0.0161. The summed E-state index contributed by atoms with van der Waals surface area (Å²) in [5.41, 5.74) is 0.750. The maximum atomic E-state index is 13.2. The molecular formula is C21H23N3O6S. The number of carbonyl (C=O) groups is 1. The molecule has 1 amide bonds. The highest BCUT2D eigenvalue weighted by Gasteiger charge is 2.25. The van der Waals surface area contributed by atoms with E-state index in [1.54, 1.807) is 44.2 Å². The molecule has 2 aromatic carbocycles. The maximum Gasteiger partial charge on any atom is 0.264 e. The van der Waals surface area contributed by atoms with E-state index in [1.165, 1.54) is 29.6 Å². The van der Waals surface area contributed by atoms with Gasteiger partial charge < -0.3 is 19.3 Å². The summed E-state index contributed by atoms with van der Waals surface area (Å²) in [7, 11) is -2.44. The summed E-state index contributed by atoms with van der Waals surface area (Å²) in [6, 6.07) is 14.6. The van der Waals surface area contributed by atoms with Gasteiger partial charge in [0.05, 0.1) is 23.4 Å². The molecule has 9 nitrogen and oxygen atoms in total. The van der Waals surface area contributed by atoms with E-state index in [-0.39, 0.29) is 29.6 Å². The number of hydrogen-bond acceptors (Lipinski definition) is 7. The van der Waals surface area contributed by atoms with Gasteiger partial charge in [0, 0.05) is 12.6 Å². The lowest BCUT2D eigenvalue weighted by molar-refractivity contribution is -0.118. The Labute approximate surface area is 180 Å². The second-order valence-electron chi connectivity index (χ2n) is 6.48. The van der Waals surface area contributed by atoms with Gasteiger partial charge in [0.25, 0.3) is 21.8 Å². The monoisotopic (exact) mass is 445 g/mol. The van der Waals surface area contributed by atoms with E-state index in [0.29, 0.717) is 17.2 Å². The smallest absolute Gasteiger partial charge is 0.264 e. The molecule has 1 N–H and O–H groups in total. The van der Waals surface area contributed by atoms with Crippen molar-refractivity contribution in [2.75, 3.05) is 29.9 Å². The van der Waals surface area contributed by atoms with Crippen molar-refractivity contribution in [3.05, 3.63) is 60.4 Å². The van der Waals surface area contributed by atoms with Gasteiger partial charge in [0.1, 0.15) is 11.5 Å². The number of sulfonamides is 1. The van der Waals surface area contributed by atoms with Crippen molar-refractivity contribution >= 4 is 27.3 Å². The standard InChI is InChI=1S/C21H23N3O6S/c1-4-24(16-8-6-5-7-9-16)31(26,27)17-10-11-19(28-3)18(13-17)22-20(25)14-29-21-12-15(2)30-23-21/h5-13H,4,14H2,1-3H3,(H,22,25). The fourth-order valence-electron chi connectivity index (χ4n) is 2.90. The Morgan fingerprint density at radius 3 is 2.52 bits per heavy atom. The highest BCUT2D eigenvalue weighted by atomic mass is 32.2. The average Bonchev–Trinajstić information content (AvgIpc) is 3.18. The molecule has 3 rings (SSSR count). The van der Waals surface area contributed by atoms with Crippen LogP contribution in [0.25, 0.3) is 0 Å². The third kappa shape index (κ3) is 5.15. The number of anilines is 2. The molecule has 0 aliphatic rings. The molecule has 0 fully saturated rings. The van der Waals surface area contributed by atoms with E-state index >= 15 is 0 Å². The fraction of sp³-hybridized carbons (Fsp3) is 0.238. The summed E-state index contributed by atoms with van der Waals surface area (Å²) in [6.07, 6.45) is 0. The van der Waals surface area contributed by atoms with E-state index in [9.17, 15) is 13.2 Å². The third-order valence-corrected chi connectivity index (χ3v) is 6.22. The van der Waals surface area contributed by atoms with Gasteiger partial charge in [-0.25, -0.2) is 8.42 Å². The Morgan fingerprint density at radius 2 is 1.90 bits per heavy atom. The second kappa shape index (κ2) is 9.52. The van der Waals surface area contributed by atoms with Crippen molar-refractivity contribution in [3.63, 3.8) is 0 Å². The number of benzene rings is 2. The van der Waals surface area contributed by atoms with Crippen LogP contribution in [0.4, 0.5) is 11.4 Å². The first-order chi connectivity index (χ1) is 14.8. The summed E-state index contributed by atoms with van der Waals surface area (Å²) in [5, 5.41) is 6.26. The molecule has 0 spiro atoms. The summed E-state index contributed by atoms with van der Waals surface area (Å²) < 4.78 is 43.2. The number of methoxy groups -OCH3 is 1. The maximum absolute atomic E-state index is 13.2. The molecule has 0 aliphatic heterocycles. The van der Waals surface area contributed by atoms with Crippen LogP contribution in [-0.4, -0.2) is 39.7 Å². The Kier molecular flexibility index (Phi) is 6.81. The van der Waals surface area contributed by atoms with Crippen LogP contribution in [0, 0.1) is 6.92 Å². The number of rotatable bonds is 9. The van der Waals surface area contributed by atoms with E-state index in [1.807, 2.05) is 6.07 Å². The Morgan fingerprint density at radius 1 is 1.16 bits per heavy atom. The largest absolute Gasteiger partial charge is 0.495 e. The molecular weight excluding hydrogens is 422 g/mol. The molecule has 1 aromatic heterocycles. The van der Waals surface area contributed by atoms with Gasteiger partial charge in [-0.05, 0) is 49.3 Å². The molecule has 3 aromatic rings. The number of carbonyl (C=O) groups excluding carboxylic acids is 1. The molecule has 0 saturated carbocycles. The zero-order valence-corrected chi connectivity index (χ0v) is 18.2. The molecule has 31 heavy (non-hydrogen) atoms. The Bertz CT molecular complexity index is 1140. The van der Waals surface area contributed by atoms with Crippen LogP contribution in [0.1, 0.15) is 12.7 Å². The van der Waals surface area contributed by atoms with E-state index in [4.69, 9.17) is 14.0 Å². The van der Waals surface area contributed by atoms with E-state index in [2.05, 4.69) is 10.5 Å².